The lowest BCUT2D eigenvalue weighted by Crippen LogP contribution is -2.56. The van der Waals surface area contributed by atoms with Crippen molar-refractivity contribution < 1.29 is 0 Å². The van der Waals surface area contributed by atoms with Gasteiger partial charge in [-0.25, -0.2) is 0 Å². The van der Waals surface area contributed by atoms with Gasteiger partial charge in [-0.3, -0.25) is 0 Å². The molecule has 0 amide bonds. The number of rotatable bonds is 8. The Balaban J connectivity index is 1.40. The highest BCUT2D eigenvalue weighted by atomic mass is 14.5. The molecule has 8 aromatic carbocycles. The maximum Gasteiger partial charge on any atom is 0.242 e. The first-order chi connectivity index (χ1) is 31.0. The fourth-order valence-corrected chi connectivity index (χ4v) is 12.7. The van der Waals surface area contributed by atoms with Gasteiger partial charge in [-0.15, -0.1) is 0 Å². The summed E-state index contributed by atoms with van der Waals surface area (Å²) >= 11 is 0. The molecular formula is C63H64B2. The zero-order chi connectivity index (χ0) is 46.2. The van der Waals surface area contributed by atoms with Crippen LogP contribution in [0.25, 0.3) is 11.1 Å². The number of aryl methyl sites for hydroxylation is 14. The Morgan fingerprint density at radius 3 is 0.754 bits per heavy atom. The standard InChI is InChI=1S/C63H64B2/c1-37-15-19-51(20-16-37)63(52-21-17-38(2)18-22-52)57-35-53(64(59-43(7)27-39(3)28-44(59)8)60-45(9)29-40(4)30-46(60)10)23-25-55(57)56-26-24-54(36-58(56)63)65(61-47(11)31-41(5)32-48(61)12)62-49(13)33-42(6)34-50(62)14/h15-36H,1-14H3. The minimum absolute atomic E-state index is 0.0545. The van der Waals surface area contributed by atoms with Gasteiger partial charge in [0.05, 0.1) is 5.41 Å². The van der Waals surface area contributed by atoms with Crippen LogP contribution in [-0.4, -0.2) is 13.4 Å². The van der Waals surface area contributed by atoms with Crippen molar-refractivity contribution in [3.8, 4) is 11.1 Å². The molecule has 0 atom stereocenters. The van der Waals surface area contributed by atoms with Crippen molar-refractivity contribution in [3.63, 3.8) is 0 Å². The predicted molar refractivity (Wildman–Crippen MR) is 285 cm³/mol. The average molecular weight is 843 g/mol. The van der Waals surface area contributed by atoms with E-state index in [1.165, 1.54) is 144 Å². The van der Waals surface area contributed by atoms with Crippen LogP contribution < -0.4 is 32.8 Å². The minimum atomic E-state index is -0.587. The molecule has 1 aliphatic rings. The minimum Gasteiger partial charge on any atom is -0.0682 e. The first kappa shape index (κ1) is 44.1. The monoisotopic (exact) mass is 843 g/mol. The third-order valence-electron chi connectivity index (χ3n) is 14.9. The van der Waals surface area contributed by atoms with Crippen molar-refractivity contribution in [2.45, 2.75) is 102 Å². The number of hydrogen-bond acceptors (Lipinski definition) is 0. The molecule has 0 bridgehead atoms. The fourth-order valence-electron chi connectivity index (χ4n) is 12.7. The summed E-state index contributed by atoms with van der Waals surface area (Å²) in [5.41, 5.74) is 34.2. The molecule has 0 unspecified atom stereocenters. The molecule has 0 aliphatic heterocycles. The molecular weight excluding hydrogens is 778 g/mol. The Bertz CT molecular complexity index is 2760. The van der Waals surface area contributed by atoms with Gasteiger partial charge in [-0.2, -0.15) is 0 Å². The molecule has 0 radical (unpaired) electrons. The van der Waals surface area contributed by atoms with Gasteiger partial charge in [0.2, 0.25) is 13.4 Å². The quantitative estimate of drug-likeness (QED) is 0.134. The van der Waals surface area contributed by atoms with Gasteiger partial charge in [0, 0.05) is 0 Å². The third kappa shape index (κ3) is 7.44. The van der Waals surface area contributed by atoms with Crippen LogP contribution >= 0.6 is 0 Å². The van der Waals surface area contributed by atoms with E-state index in [2.05, 4.69) is 230 Å². The number of fused-ring (bicyclic) bond motifs is 3. The Morgan fingerprint density at radius 2 is 0.508 bits per heavy atom. The van der Waals surface area contributed by atoms with Crippen LogP contribution in [0, 0.1) is 96.9 Å². The van der Waals surface area contributed by atoms with Gasteiger partial charge in [0.25, 0.3) is 0 Å². The Morgan fingerprint density at radius 1 is 0.262 bits per heavy atom. The van der Waals surface area contributed by atoms with Gasteiger partial charge in [-0.05, 0) is 130 Å². The van der Waals surface area contributed by atoms with Gasteiger partial charge in [-0.1, -0.05) is 244 Å². The van der Waals surface area contributed by atoms with Crippen LogP contribution in [0.4, 0.5) is 0 Å². The van der Waals surface area contributed by atoms with Crippen LogP contribution in [0.3, 0.4) is 0 Å². The molecule has 0 heterocycles. The molecule has 0 fully saturated rings. The highest BCUT2D eigenvalue weighted by molar-refractivity contribution is 6.97. The summed E-state index contributed by atoms with van der Waals surface area (Å²) in [7, 11) is 0. The Hall–Kier alpha value is -6.11. The van der Waals surface area contributed by atoms with Gasteiger partial charge >= 0.3 is 0 Å². The summed E-state index contributed by atoms with van der Waals surface area (Å²) in [5.74, 6) is 0. The van der Waals surface area contributed by atoms with Crippen molar-refractivity contribution >= 4 is 46.2 Å². The molecule has 1 aliphatic carbocycles. The molecule has 9 rings (SSSR count). The maximum absolute atomic E-state index is 2.62. The fraction of sp³-hybridized carbons (Fsp3) is 0.238. The maximum atomic E-state index is 2.62. The van der Waals surface area contributed by atoms with Crippen molar-refractivity contribution in [2.75, 3.05) is 0 Å². The van der Waals surface area contributed by atoms with Gasteiger partial charge < -0.3 is 0 Å². The molecule has 0 saturated carbocycles. The van der Waals surface area contributed by atoms with Gasteiger partial charge in [0.15, 0.2) is 0 Å². The molecule has 322 valence electrons. The summed E-state index contributed by atoms with van der Waals surface area (Å²) < 4.78 is 0. The SMILES string of the molecule is Cc1ccc(C2(c3ccc(C)cc3)c3cc(B(c4c(C)cc(C)cc4C)c4c(C)cc(C)cc4C)ccc3-c3ccc(B(c4c(C)cc(C)cc4C)c4c(C)cc(C)cc4C)cc32)cc1. The first-order valence-corrected chi connectivity index (χ1v) is 23.7. The van der Waals surface area contributed by atoms with Crippen molar-refractivity contribution in [3.05, 3.63) is 234 Å². The van der Waals surface area contributed by atoms with Crippen LogP contribution in [0.1, 0.15) is 100 Å². The van der Waals surface area contributed by atoms with Crippen LogP contribution in [0.2, 0.25) is 0 Å². The highest BCUT2D eigenvalue weighted by Crippen LogP contribution is 2.55. The second-order valence-corrected chi connectivity index (χ2v) is 20.2. The van der Waals surface area contributed by atoms with Crippen LogP contribution in [0.5, 0.6) is 0 Å². The smallest absolute Gasteiger partial charge is 0.0682 e. The van der Waals surface area contributed by atoms with E-state index in [4.69, 9.17) is 0 Å². The van der Waals surface area contributed by atoms with Crippen LogP contribution in [-0.2, 0) is 5.41 Å². The zero-order valence-electron chi connectivity index (χ0n) is 41.4. The van der Waals surface area contributed by atoms with E-state index in [0.717, 1.165) is 0 Å². The van der Waals surface area contributed by atoms with Crippen LogP contribution in [0.15, 0.2) is 133 Å². The largest absolute Gasteiger partial charge is 0.242 e. The second kappa shape index (κ2) is 16.7. The number of hydrogen-bond donors (Lipinski definition) is 0. The van der Waals surface area contributed by atoms with E-state index >= 15 is 0 Å². The molecule has 0 aromatic heterocycles. The second-order valence-electron chi connectivity index (χ2n) is 20.2. The topological polar surface area (TPSA) is 0 Å². The lowest BCUT2D eigenvalue weighted by atomic mass is 9.34. The van der Waals surface area contributed by atoms with Crippen molar-refractivity contribution in [2.24, 2.45) is 0 Å². The number of benzene rings is 8. The normalized spacial score (nSPS) is 12.6. The summed E-state index contributed by atoms with van der Waals surface area (Å²) in [4.78, 5) is 0. The van der Waals surface area contributed by atoms with E-state index in [1.807, 2.05) is 0 Å². The lowest BCUT2D eigenvalue weighted by molar-refractivity contribution is 0.769. The Labute approximate surface area is 391 Å². The molecule has 0 saturated heterocycles. The zero-order valence-corrected chi connectivity index (χ0v) is 41.4. The molecule has 8 aromatic rings. The average Bonchev–Trinajstić information content (AvgIpc) is 3.51. The Kier molecular flexibility index (Phi) is 11.3. The third-order valence-corrected chi connectivity index (χ3v) is 14.9. The molecule has 0 N–H and O–H groups in total. The molecule has 65 heavy (non-hydrogen) atoms. The molecule has 0 spiro atoms. The van der Waals surface area contributed by atoms with Crippen molar-refractivity contribution in [1.29, 1.82) is 0 Å². The predicted octanol–water partition coefficient (Wildman–Crippen LogP) is 11.4. The summed E-state index contributed by atoms with van der Waals surface area (Å²) in [6.45, 7) is 32.0. The highest BCUT2D eigenvalue weighted by Gasteiger charge is 2.47. The van der Waals surface area contributed by atoms with E-state index in [1.54, 1.807) is 0 Å². The van der Waals surface area contributed by atoms with E-state index in [0.29, 0.717) is 0 Å². The summed E-state index contributed by atoms with van der Waals surface area (Å²) in [5, 5.41) is 0. The summed E-state index contributed by atoms with van der Waals surface area (Å²) in [6, 6.07) is 53.1. The van der Waals surface area contributed by atoms with E-state index < -0.39 is 5.41 Å². The van der Waals surface area contributed by atoms with E-state index in [-0.39, 0.29) is 13.4 Å². The summed E-state index contributed by atoms with van der Waals surface area (Å²) in [6.07, 6.45) is 0. The van der Waals surface area contributed by atoms with Gasteiger partial charge in [0.1, 0.15) is 0 Å². The first-order valence-electron chi connectivity index (χ1n) is 23.7. The molecule has 0 nitrogen and oxygen atoms in total. The van der Waals surface area contributed by atoms with E-state index in [9.17, 15) is 0 Å². The lowest BCUT2D eigenvalue weighted by Gasteiger charge is -2.35. The van der Waals surface area contributed by atoms with Crippen molar-refractivity contribution in [1.82, 2.24) is 0 Å². The molecule has 2 heteroatoms.